The highest BCUT2D eigenvalue weighted by molar-refractivity contribution is 7.92. The minimum absolute atomic E-state index is 0.0818. The number of para-hydroxylation sites is 1. The third-order valence-electron chi connectivity index (χ3n) is 4.35. The zero-order valence-electron chi connectivity index (χ0n) is 15.6. The maximum absolute atomic E-state index is 13.1. The zero-order valence-corrected chi connectivity index (χ0v) is 17.2. The van der Waals surface area contributed by atoms with E-state index in [1.165, 1.54) is 16.2 Å². The minimum atomic E-state index is -3.95. The molecule has 152 valence electrons. The topological polar surface area (TPSA) is 80.2 Å². The monoisotopic (exact) mass is 441 g/mol. The van der Waals surface area contributed by atoms with Crippen molar-refractivity contribution >= 4 is 42.4 Å². The standard InChI is InChI=1S/C21H16FN3O3S2/c22-15-8-10-17(11-9-15)30(27,28)14-20(26)25(13-16-5-3-4-12-23-16)21-24-18-6-1-2-7-19(18)29-21/h1-12H,13-14H2. The molecule has 0 atom stereocenters. The van der Waals surface area contributed by atoms with Crippen molar-refractivity contribution in [2.45, 2.75) is 11.4 Å². The Hall–Kier alpha value is -3.17. The number of carbonyl (C=O) groups is 1. The molecule has 9 heteroatoms. The molecule has 0 radical (unpaired) electrons. The van der Waals surface area contributed by atoms with Gasteiger partial charge in [-0.2, -0.15) is 0 Å². The van der Waals surface area contributed by atoms with Crippen LogP contribution in [0.5, 0.6) is 0 Å². The number of fused-ring (bicyclic) bond motifs is 1. The molecule has 2 aromatic heterocycles. The molecule has 4 aromatic rings. The summed E-state index contributed by atoms with van der Waals surface area (Å²) >= 11 is 1.30. The Morgan fingerprint density at radius 1 is 1.00 bits per heavy atom. The zero-order chi connectivity index (χ0) is 21.1. The number of carbonyl (C=O) groups excluding carboxylic acids is 1. The summed E-state index contributed by atoms with van der Waals surface area (Å²) in [6, 6.07) is 17.1. The summed E-state index contributed by atoms with van der Waals surface area (Å²) in [5, 5.41) is 0.390. The number of halogens is 1. The number of amides is 1. The van der Waals surface area contributed by atoms with E-state index < -0.39 is 27.3 Å². The number of nitrogens with zero attached hydrogens (tertiary/aromatic N) is 3. The van der Waals surface area contributed by atoms with Crippen LogP contribution in [0.2, 0.25) is 0 Å². The van der Waals surface area contributed by atoms with Gasteiger partial charge in [0.2, 0.25) is 5.91 Å². The normalized spacial score (nSPS) is 11.5. The molecule has 4 rings (SSSR count). The van der Waals surface area contributed by atoms with Crippen LogP contribution in [0.25, 0.3) is 10.2 Å². The molecule has 1 amide bonds. The van der Waals surface area contributed by atoms with Crippen LogP contribution in [0.1, 0.15) is 5.69 Å². The van der Waals surface area contributed by atoms with Crippen molar-refractivity contribution in [3.63, 3.8) is 0 Å². The van der Waals surface area contributed by atoms with Gasteiger partial charge in [0.1, 0.15) is 11.6 Å². The third-order valence-corrected chi connectivity index (χ3v) is 7.02. The lowest BCUT2D eigenvalue weighted by Crippen LogP contribution is -2.35. The molecule has 2 aromatic carbocycles. The fraction of sp³-hybridized carbons (Fsp3) is 0.0952. The third kappa shape index (κ3) is 4.37. The first-order valence-corrected chi connectivity index (χ1v) is 11.4. The van der Waals surface area contributed by atoms with Crippen LogP contribution in [0.15, 0.2) is 77.8 Å². The number of sulfone groups is 1. The minimum Gasteiger partial charge on any atom is -0.281 e. The molecule has 0 aliphatic rings. The summed E-state index contributed by atoms with van der Waals surface area (Å²) in [5.74, 6) is -1.95. The highest BCUT2D eigenvalue weighted by Crippen LogP contribution is 2.30. The highest BCUT2D eigenvalue weighted by atomic mass is 32.2. The summed E-state index contributed by atoms with van der Waals surface area (Å²) in [6.07, 6.45) is 1.60. The lowest BCUT2D eigenvalue weighted by atomic mass is 10.3. The van der Waals surface area contributed by atoms with Gasteiger partial charge in [-0.15, -0.1) is 0 Å². The Morgan fingerprint density at radius 3 is 2.43 bits per heavy atom. The highest BCUT2D eigenvalue weighted by Gasteiger charge is 2.27. The molecular weight excluding hydrogens is 425 g/mol. The molecular formula is C21H16FN3O3S2. The molecule has 0 saturated heterocycles. The fourth-order valence-corrected chi connectivity index (χ4v) is 5.04. The fourth-order valence-electron chi connectivity index (χ4n) is 2.86. The maximum atomic E-state index is 13.1. The van der Waals surface area contributed by atoms with E-state index in [2.05, 4.69) is 9.97 Å². The Kier molecular flexibility index (Phi) is 5.56. The summed E-state index contributed by atoms with van der Waals surface area (Å²) in [6.45, 7) is 0.0818. The molecule has 0 bridgehead atoms. The van der Waals surface area contributed by atoms with E-state index in [4.69, 9.17) is 0 Å². The lowest BCUT2D eigenvalue weighted by Gasteiger charge is -2.19. The van der Waals surface area contributed by atoms with Crippen molar-refractivity contribution in [2.75, 3.05) is 10.7 Å². The molecule has 2 heterocycles. The van der Waals surface area contributed by atoms with Crippen LogP contribution in [-0.4, -0.2) is 30.0 Å². The van der Waals surface area contributed by atoms with E-state index in [1.54, 1.807) is 24.4 Å². The van der Waals surface area contributed by atoms with Gasteiger partial charge in [-0.05, 0) is 48.5 Å². The second-order valence-electron chi connectivity index (χ2n) is 6.48. The summed E-state index contributed by atoms with van der Waals surface area (Å²) in [4.78, 5) is 23.0. The van der Waals surface area contributed by atoms with E-state index in [-0.39, 0.29) is 11.4 Å². The number of benzene rings is 2. The SMILES string of the molecule is O=C(CS(=O)(=O)c1ccc(F)cc1)N(Cc1ccccn1)c1nc2ccccc2s1. The van der Waals surface area contributed by atoms with Crippen molar-refractivity contribution in [1.82, 2.24) is 9.97 Å². The molecule has 0 fully saturated rings. The average molecular weight is 442 g/mol. The Labute approximate surface area is 176 Å². The lowest BCUT2D eigenvalue weighted by molar-refractivity contribution is -0.116. The van der Waals surface area contributed by atoms with Gasteiger partial charge in [-0.1, -0.05) is 29.5 Å². The van der Waals surface area contributed by atoms with Crippen LogP contribution in [-0.2, 0) is 21.2 Å². The van der Waals surface area contributed by atoms with E-state index in [1.807, 2.05) is 24.3 Å². The molecule has 6 nitrogen and oxygen atoms in total. The van der Waals surface area contributed by atoms with Crippen LogP contribution in [0.3, 0.4) is 0 Å². The van der Waals surface area contributed by atoms with E-state index in [9.17, 15) is 17.6 Å². The van der Waals surface area contributed by atoms with Gasteiger partial charge in [0.15, 0.2) is 15.0 Å². The second-order valence-corrected chi connectivity index (χ2v) is 9.48. The van der Waals surface area contributed by atoms with E-state index >= 15 is 0 Å². The predicted octanol–water partition coefficient (Wildman–Crippen LogP) is 3.84. The molecule has 0 unspecified atom stereocenters. The van der Waals surface area contributed by atoms with Gasteiger partial charge in [0.05, 0.1) is 27.4 Å². The van der Waals surface area contributed by atoms with Crippen molar-refractivity contribution in [3.05, 3.63) is 84.4 Å². The van der Waals surface area contributed by atoms with Crippen molar-refractivity contribution in [1.29, 1.82) is 0 Å². The van der Waals surface area contributed by atoms with Gasteiger partial charge in [-0.3, -0.25) is 14.7 Å². The number of hydrogen-bond acceptors (Lipinski definition) is 6. The largest absolute Gasteiger partial charge is 0.281 e. The molecule has 0 N–H and O–H groups in total. The smallest absolute Gasteiger partial charge is 0.244 e. The summed E-state index contributed by atoms with van der Waals surface area (Å²) in [7, 11) is -3.95. The summed E-state index contributed by atoms with van der Waals surface area (Å²) < 4.78 is 39.5. The van der Waals surface area contributed by atoms with Gasteiger partial charge < -0.3 is 0 Å². The first kappa shape index (κ1) is 20.1. The number of pyridine rings is 1. The number of aromatic nitrogens is 2. The Balaban J connectivity index is 1.67. The van der Waals surface area contributed by atoms with Crippen molar-refractivity contribution in [3.8, 4) is 0 Å². The molecule has 0 aliphatic heterocycles. The van der Waals surface area contributed by atoms with E-state index in [0.717, 1.165) is 34.5 Å². The average Bonchev–Trinajstić information content (AvgIpc) is 3.16. The van der Waals surface area contributed by atoms with Gasteiger partial charge in [0.25, 0.3) is 0 Å². The van der Waals surface area contributed by atoms with Gasteiger partial charge in [0, 0.05) is 6.20 Å². The predicted molar refractivity (Wildman–Crippen MR) is 113 cm³/mol. The maximum Gasteiger partial charge on any atom is 0.244 e. The Bertz CT molecular complexity index is 1260. The van der Waals surface area contributed by atoms with Crippen LogP contribution < -0.4 is 4.90 Å². The second kappa shape index (κ2) is 8.29. The molecule has 30 heavy (non-hydrogen) atoms. The molecule has 0 aliphatic carbocycles. The number of thiazole rings is 1. The number of hydrogen-bond donors (Lipinski definition) is 0. The van der Waals surface area contributed by atoms with Crippen LogP contribution >= 0.6 is 11.3 Å². The summed E-state index contributed by atoms with van der Waals surface area (Å²) in [5.41, 5.74) is 1.32. The van der Waals surface area contributed by atoms with Gasteiger partial charge in [-0.25, -0.2) is 17.8 Å². The number of rotatable bonds is 6. The molecule has 0 spiro atoms. The van der Waals surface area contributed by atoms with Crippen molar-refractivity contribution in [2.24, 2.45) is 0 Å². The van der Waals surface area contributed by atoms with E-state index in [0.29, 0.717) is 10.8 Å². The van der Waals surface area contributed by atoms with Crippen LogP contribution in [0, 0.1) is 5.82 Å². The first-order valence-electron chi connectivity index (χ1n) is 8.96. The molecule has 0 saturated carbocycles. The Morgan fingerprint density at radius 2 is 1.73 bits per heavy atom. The van der Waals surface area contributed by atoms with Crippen LogP contribution in [0.4, 0.5) is 9.52 Å². The van der Waals surface area contributed by atoms with Crippen molar-refractivity contribution < 1.29 is 17.6 Å². The number of anilines is 1. The van der Waals surface area contributed by atoms with Gasteiger partial charge >= 0.3 is 0 Å². The quantitative estimate of drug-likeness (QED) is 0.425. The first-order chi connectivity index (χ1) is 14.4.